The molecule has 0 saturated heterocycles. The first-order valence-electron chi connectivity index (χ1n) is 4.85. The van der Waals surface area contributed by atoms with Gasteiger partial charge < -0.3 is 4.74 Å². The van der Waals surface area contributed by atoms with E-state index in [4.69, 9.17) is 4.74 Å². The van der Waals surface area contributed by atoms with Crippen LogP contribution in [-0.2, 0) is 22.9 Å². The van der Waals surface area contributed by atoms with Crippen LogP contribution in [0.25, 0.3) is 0 Å². The minimum Gasteiger partial charge on any atom is -0.491 e. The van der Waals surface area contributed by atoms with Crippen molar-refractivity contribution in [1.29, 1.82) is 0 Å². The second-order valence-corrected chi connectivity index (χ2v) is 3.01. The molecule has 2 rings (SSSR count). The number of hydrogen-bond donors (Lipinski definition) is 0. The largest absolute Gasteiger partial charge is 0.491 e. The van der Waals surface area contributed by atoms with Gasteiger partial charge in [-0.05, 0) is 12.1 Å². The van der Waals surface area contributed by atoms with Crippen molar-refractivity contribution in [1.82, 2.24) is 0 Å². The first-order valence-corrected chi connectivity index (χ1v) is 11.8. The van der Waals surface area contributed by atoms with Gasteiger partial charge in [0.15, 0.2) is 0 Å². The Bertz CT molecular complexity index is 338. The number of ether oxygens (including phenoxy) is 1. The van der Waals surface area contributed by atoms with Gasteiger partial charge in [-0.3, -0.25) is 0 Å². The Morgan fingerprint density at radius 1 is 1.00 bits per heavy atom. The van der Waals surface area contributed by atoms with Crippen LogP contribution in [0.15, 0.2) is 54.6 Å². The van der Waals surface area contributed by atoms with Gasteiger partial charge in [-0.25, -0.2) is 0 Å². The van der Waals surface area contributed by atoms with E-state index < -0.39 is 0 Å². The maximum absolute atomic E-state index is 5.58. The van der Waals surface area contributed by atoms with Crippen LogP contribution in [-0.4, -0.2) is 0 Å². The summed E-state index contributed by atoms with van der Waals surface area (Å²) in [5.74, 6) is 0.903. The maximum Gasteiger partial charge on any atom is 0.119 e. The van der Waals surface area contributed by atoms with Crippen LogP contribution in [0.2, 0.25) is 0 Å². The van der Waals surface area contributed by atoms with E-state index in [1.54, 1.807) is 0 Å². The molecule has 0 heterocycles. The van der Waals surface area contributed by atoms with Crippen molar-refractivity contribution < 1.29 is 21.1 Å². The summed E-state index contributed by atoms with van der Waals surface area (Å²) in [6.45, 7) is 0.610. The molecule has 0 spiro atoms. The number of benzene rings is 2. The molecule has 0 unspecified atom stereocenters. The third-order valence-electron chi connectivity index (χ3n) is 1.94. The summed E-state index contributed by atoms with van der Waals surface area (Å²) in [6, 6.07) is 20.6. The average Bonchev–Trinajstić information content (AvgIpc) is 2.41. The molecule has 2 aromatic rings. The number of halogens is 1. The number of hydrogen-bond acceptors (Lipinski definition) is 1. The van der Waals surface area contributed by atoms with Crippen molar-refractivity contribution in [3.8, 4) is 5.75 Å². The van der Waals surface area contributed by atoms with Crippen molar-refractivity contribution in [2.75, 3.05) is 0 Å². The van der Waals surface area contributed by atoms with Crippen LogP contribution in [0.5, 0.6) is 5.75 Å². The van der Waals surface area contributed by atoms with Crippen molar-refractivity contribution in [3.05, 3.63) is 66.2 Å². The van der Waals surface area contributed by atoms with Crippen LogP contribution in [0.3, 0.4) is 0 Å². The fourth-order valence-electron chi connectivity index (χ4n) is 1.20. The predicted octanol–water partition coefficient (Wildman–Crippen LogP) is 3.91. The first-order chi connectivity index (χ1) is 7.95. The van der Waals surface area contributed by atoms with Crippen molar-refractivity contribution in [2.24, 2.45) is 0 Å². The molecular weight excluding hydrogens is 317 g/mol. The second kappa shape index (κ2) is 8.49. The minimum absolute atomic E-state index is 0.610. The van der Waals surface area contributed by atoms with Gasteiger partial charge in [0, 0.05) is 0 Å². The van der Waals surface area contributed by atoms with Gasteiger partial charge in [0.1, 0.15) is 5.75 Å². The zero-order valence-corrected chi connectivity index (χ0v) is 13.4. The molecule has 16 heavy (non-hydrogen) atoms. The van der Waals surface area contributed by atoms with Gasteiger partial charge in [0.2, 0.25) is 0 Å². The average molecular weight is 329 g/mol. The molecule has 0 atom stereocenters. The summed E-state index contributed by atoms with van der Waals surface area (Å²) in [4.78, 5) is 0. The number of para-hydroxylation sites is 1. The van der Waals surface area contributed by atoms with Gasteiger partial charge >= 0.3 is 30.0 Å². The van der Waals surface area contributed by atoms with E-state index in [0.717, 1.165) is 11.3 Å². The quantitative estimate of drug-likeness (QED) is 0.613. The Balaban J connectivity index is 0.000000606. The van der Waals surface area contributed by atoms with E-state index in [9.17, 15) is 0 Å². The standard InChI is InChI=1S/C13H11O.BrH.Zn/c1-3-7-12(8-4-1)11-14-13-9-5-2-6-10-13;;/h2-10H,11H2;1H;/q-1;;+2/p-1. The van der Waals surface area contributed by atoms with Crippen LogP contribution < -0.4 is 4.74 Å². The molecule has 0 aliphatic rings. The van der Waals surface area contributed by atoms with Crippen LogP contribution in [0.4, 0.5) is 0 Å². The molecule has 1 nitrogen and oxygen atoms in total. The summed E-state index contributed by atoms with van der Waals surface area (Å²) in [5, 5.41) is 0. The monoisotopic (exact) mass is 326 g/mol. The Labute approximate surface area is 113 Å². The Morgan fingerprint density at radius 3 is 2.25 bits per heavy atom. The molecule has 0 saturated carbocycles. The molecule has 0 fully saturated rings. The summed E-state index contributed by atoms with van der Waals surface area (Å²) in [5.41, 5.74) is 1.16. The van der Waals surface area contributed by atoms with Gasteiger partial charge in [-0.15, -0.1) is 5.56 Å². The van der Waals surface area contributed by atoms with Gasteiger partial charge in [-0.1, -0.05) is 18.2 Å². The Kier molecular flexibility index (Phi) is 7.12. The molecule has 78 valence electrons. The molecule has 0 aliphatic carbocycles. The minimum atomic E-state index is 0.610. The molecular formula is C13H11BrOZn. The van der Waals surface area contributed by atoms with Crippen molar-refractivity contribution >= 4 is 13.6 Å². The topological polar surface area (TPSA) is 9.23 Å². The SMILES string of the molecule is [Zn+][Br].[c-]1ccc(COc2ccccc2)cc1. The molecule has 0 N–H and O–H groups in total. The smallest absolute Gasteiger partial charge is 0.119 e. The Hall–Kier alpha value is -0.657. The summed E-state index contributed by atoms with van der Waals surface area (Å²) >= 11 is 4.25. The van der Waals surface area contributed by atoms with E-state index in [1.807, 2.05) is 54.6 Å². The van der Waals surface area contributed by atoms with E-state index in [2.05, 4.69) is 19.7 Å². The molecule has 0 aliphatic heterocycles. The molecule has 0 amide bonds. The molecule has 2 aromatic carbocycles. The van der Waals surface area contributed by atoms with E-state index in [-0.39, 0.29) is 0 Å². The zero-order valence-electron chi connectivity index (χ0n) is 8.90. The van der Waals surface area contributed by atoms with Gasteiger partial charge in [0.05, 0.1) is 6.61 Å². The van der Waals surface area contributed by atoms with Crippen LogP contribution in [0, 0.1) is 6.07 Å². The van der Waals surface area contributed by atoms with Gasteiger partial charge in [0.25, 0.3) is 0 Å². The summed E-state index contributed by atoms with van der Waals surface area (Å²) in [7, 11) is 0. The third kappa shape index (κ3) is 4.91. The van der Waals surface area contributed by atoms with E-state index in [1.165, 1.54) is 16.3 Å². The summed E-state index contributed by atoms with van der Waals surface area (Å²) < 4.78 is 5.58. The van der Waals surface area contributed by atoms with Crippen LogP contribution in [0.1, 0.15) is 5.56 Å². The van der Waals surface area contributed by atoms with Crippen LogP contribution >= 0.6 is 13.6 Å². The molecule has 0 bridgehead atoms. The first kappa shape index (κ1) is 13.4. The van der Waals surface area contributed by atoms with Crippen molar-refractivity contribution in [2.45, 2.75) is 6.61 Å². The van der Waals surface area contributed by atoms with Crippen molar-refractivity contribution in [3.63, 3.8) is 0 Å². The third-order valence-corrected chi connectivity index (χ3v) is 1.94. The Morgan fingerprint density at radius 2 is 1.62 bits per heavy atom. The van der Waals surface area contributed by atoms with Gasteiger partial charge in [-0.2, -0.15) is 30.3 Å². The summed E-state index contributed by atoms with van der Waals surface area (Å²) in [6.07, 6.45) is 0. The van der Waals surface area contributed by atoms with E-state index >= 15 is 0 Å². The molecule has 3 heteroatoms. The zero-order chi connectivity index (χ0) is 11.6. The normalized spacial score (nSPS) is 8.94. The second-order valence-electron chi connectivity index (χ2n) is 3.01. The molecule has 0 radical (unpaired) electrons. The fraction of sp³-hybridized carbons (Fsp3) is 0.0769. The predicted molar refractivity (Wildman–Crippen MR) is 65.0 cm³/mol. The fourth-order valence-corrected chi connectivity index (χ4v) is 1.20. The maximum atomic E-state index is 5.58. The number of rotatable bonds is 3. The molecule has 0 aromatic heterocycles. The van der Waals surface area contributed by atoms with E-state index in [0.29, 0.717) is 6.61 Å².